The first-order valence-corrected chi connectivity index (χ1v) is 6.79. The molecule has 0 bridgehead atoms. The van der Waals surface area contributed by atoms with E-state index in [2.05, 4.69) is 20.9 Å². The molecule has 0 radical (unpaired) electrons. The Bertz CT molecular complexity index is 632. The lowest BCUT2D eigenvalue weighted by Gasteiger charge is -2.11. The first-order valence-electron chi connectivity index (χ1n) is 6.00. The molecule has 0 N–H and O–H groups in total. The highest BCUT2D eigenvalue weighted by molar-refractivity contribution is 9.10. The summed E-state index contributed by atoms with van der Waals surface area (Å²) in [4.78, 5) is 16.6. The van der Waals surface area contributed by atoms with E-state index in [4.69, 9.17) is 4.74 Å². The van der Waals surface area contributed by atoms with Crippen LogP contribution in [0, 0.1) is 0 Å². The summed E-state index contributed by atoms with van der Waals surface area (Å²) < 4.78 is 8.09. The molecule has 0 aliphatic carbocycles. The van der Waals surface area contributed by atoms with Crippen molar-refractivity contribution in [1.82, 2.24) is 9.55 Å². The predicted octanol–water partition coefficient (Wildman–Crippen LogP) is 2.34. The molecule has 1 aliphatic rings. The minimum atomic E-state index is -0.00296. The third kappa shape index (κ3) is 2.20. The summed E-state index contributed by atoms with van der Waals surface area (Å²) in [6.45, 7) is 1.39. The van der Waals surface area contributed by atoms with E-state index in [1.165, 1.54) is 0 Å². The Morgan fingerprint density at radius 3 is 3.17 bits per heavy atom. The van der Waals surface area contributed by atoms with Crippen LogP contribution in [0.2, 0.25) is 0 Å². The highest BCUT2D eigenvalue weighted by Gasteiger charge is 2.17. The Kier molecular flexibility index (Phi) is 3.18. The maximum atomic E-state index is 12.3. The minimum absolute atomic E-state index is 0.00296. The fourth-order valence-corrected chi connectivity index (χ4v) is 2.63. The van der Waals surface area contributed by atoms with E-state index in [9.17, 15) is 4.79 Å². The lowest BCUT2D eigenvalue weighted by Crippen LogP contribution is -2.26. The lowest BCUT2D eigenvalue weighted by atomic mass is 10.2. The van der Waals surface area contributed by atoms with E-state index in [1.807, 2.05) is 18.2 Å². The van der Waals surface area contributed by atoms with E-state index in [-0.39, 0.29) is 11.7 Å². The maximum absolute atomic E-state index is 12.3. The fourth-order valence-electron chi connectivity index (χ4n) is 2.27. The van der Waals surface area contributed by atoms with Gasteiger partial charge in [-0.15, -0.1) is 0 Å². The Labute approximate surface area is 113 Å². The monoisotopic (exact) mass is 308 g/mol. The molecule has 0 unspecified atom stereocenters. The number of nitrogens with zero attached hydrogens (tertiary/aromatic N) is 2. The second-order valence-corrected chi connectivity index (χ2v) is 5.41. The summed E-state index contributed by atoms with van der Waals surface area (Å²) in [7, 11) is 0. The van der Waals surface area contributed by atoms with E-state index >= 15 is 0 Å². The van der Waals surface area contributed by atoms with Crippen molar-refractivity contribution in [2.45, 2.75) is 25.5 Å². The molecular formula is C13H13BrN2O2. The zero-order chi connectivity index (χ0) is 12.5. The van der Waals surface area contributed by atoms with Gasteiger partial charge in [0.15, 0.2) is 0 Å². The minimum Gasteiger partial charge on any atom is -0.376 e. The quantitative estimate of drug-likeness (QED) is 0.855. The molecule has 2 aromatic rings. The molecule has 4 nitrogen and oxygen atoms in total. The van der Waals surface area contributed by atoms with Gasteiger partial charge < -0.3 is 4.74 Å². The molecule has 0 spiro atoms. The molecule has 18 heavy (non-hydrogen) atoms. The molecule has 1 aromatic carbocycles. The van der Waals surface area contributed by atoms with Crippen LogP contribution in [0.1, 0.15) is 12.8 Å². The summed E-state index contributed by atoms with van der Waals surface area (Å²) in [6.07, 6.45) is 3.85. The average Bonchev–Trinajstić information content (AvgIpc) is 2.86. The van der Waals surface area contributed by atoms with Gasteiger partial charge in [-0.3, -0.25) is 9.36 Å². The number of hydrogen-bond acceptors (Lipinski definition) is 3. The van der Waals surface area contributed by atoms with Gasteiger partial charge in [0.05, 0.1) is 29.9 Å². The van der Waals surface area contributed by atoms with Crippen molar-refractivity contribution >= 4 is 26.8 Å². The summed E-state index contributed by atoms with van der Waals surface area (Å²) in [6, 6.07) is 5.55. The second-order valence-electron chi connectivity index (χ2n) is 4.50. The maximum Gasteiger partial charge on any atom is 0.261 e. The predicted molar refractivity (Wildman–Crippen MR) is 72.7 cm³/mol. The molecule has 1 saturated heterocycles. The van der Waals surface area contributed by atoms with Crippen molar-refractivity contribution < 1.29 is 4.74 Å². The van der Waals surface area contributed by atoms with E-state index in [0.717, 1.165) is 29.4 Å². The van der Waals surface area contributed by atoms with Gasteiger partial charge in [0.1, 0.15) is 0 Å². The van der Waals surface area contributed by atoms with Crippen molar-refractivity contribution in [2.75, 3.05) is 6.61 Å². The molecule has 1 aliphatic heterocycles. The molecule has 94 valence electrons. The van der Waals surface area contributed by atoms with Crippen LogP contribution in [-0.2, 0) is 11.3 Å². The molecule has 1 aromatic heterocycles. The zero-order valence-electron chi connectivity index (χ0n) is 9.80. The van der Waals surface area contributed by atoms with Gasteiger partial charge in [-0.05, 0) is 31.0 Å². The molecule has 2 heterocycles. The van der Waals surface area contributed by atoms with Crippen molar-refractivity contribution in [3.8, 4) is 0 Å². The SMILES string of the molecule is O=c1c2cc(Br)ccc2ncn1C[C@@H]1CCCO1. The molecule has 1 atom stereocenters. The Hall–Kier alpha value is -1.20. The first-order chi connectivity index (χ1) is 8.74. The van der Waals surface area contributed by atoms with Gasteiger partial charge in [-0.25, -0.2) is 4.98 Å². The molecular weight excluding hydrogens is 296 g/mol. The number of rotatable bonds is 2. The summed E-state index contributed by atoms with van der Waals surface area (Å²) in [5.74, 6) is 0. The van der Waals surface area contributed by atoms with E-state index < -0.39 is 0 Å². The van der Waals surface area contributed by atoms with Gasteiger partial charge in [-0.2, -0.15) is 0 Å². The third-order valence-corrected chi connectivity index (χ3v) is 3.70. The molecule has 3 rings (SSSR count). The van der Waals surface area contributed by atoms with E-state index in [0.29, 0.717) is 11.9 Å². The summed E-state index contributed by atoms with van der Waals surface area (Å²) >= 11 is 3.38. The van der Waals surface area contributed by atoms with Crippen LogP contribution >= 0.6 is 15.9 Å². The number of halogens is 1. The lowest BCUT2D eigenvalue weighted by molar-refractivity contribution is 0.0960. The van der Waals surface area contributed by atoms with Crippen LogP contribution in [0.4, 0.5) is 0 Å². The van der Waals surface area contributed by atoms with Gasteiger partial charge >= 0.3 is 0 Å². The highest BCUT2D eigenvalue weighted by atomic mass is 79.9. The number of ether oxygens (including phenoxy) is 1. The Morgan fingerprint density at radius 2 is 2.39 bits per heavy atom. The molecule has 1 fully saturated rings. The first kappa shape index (κ1) is 11.9. The summed E-state index contributed by atoms with van der Waals surface area (Å²) in [5, 5.41) is 0.643. The molecule has 5 heteroatoms. The second kappa shape index (κ2) is 4.82. The van der Waals surface area contributed by atoms with Crippen LogP contribution in [0.3, 0.4) is 0 Å². The van der Waals surface area contributed by atoms with Crippen molar-refractivity contribution in [1.29, 1.82) is 0 Å². The van der Waals surface area contributed by atoms with Crippen LogP contribution in [0.25, 0.3) is 10.9 Å². The van der Waals surface area contributed by atoms with Crippen molar-refractivity contribution in [3.05, 3.63) is 39.4 Å². The van der Waals surface area contributed by atoms with Crippen LogP contribution in [0.15, 0.2) is 33.8 Å². The van der Waals surface area contributed by atoms with Crippen LogP contribution < -0.4 is 5.56 Å². The standard InChI is InChI=1S/C13H13BrN2O2/c14-9-3-4-12-11(6-9)13(17)16(8-15-12)7-10-2-1-5-18-10/h3-4,6,8,10H,1-2,5,7H2/t10-/m0/s1. The van der Waals surface area contributed by atoms with Gasteiger partial charge in [0, 0.05) is 11.1 Å². The largest absolute Gasteiger partial charge is 0.376 e. The topological polar surface area (TPSA) is 44.1 Å². The number of hydrogen-bond donors (Lipinski definition) is 0. The number of fused-ring (bicyclic) bond motifs is 1. The summed E-state index contributed by atoms with van der Waals surface area (Å²) in [5.41, 5.74) is 0.726. The molecule has 0 amide bonds. The van der Waals surface area contributed by atoms with Gasteiger partial charge in [0.2, 0.25) is 0 Å². The Morgan fingerprint density at radius 1 is 1.50 bits per heavy atom. The Balaban J connectivity index is 2.02. The van der Waals surface area contributed by atoms with Gasteiger partial charge in [-0.1, -0.05) is 15.9 Å². The van der Waals surface area contributed by atoms with Crippen LogP contribution in [0.5, 0.6) is 0 Å². The fraction of sp³-hybridized carbons (Fsp3) is 0.385. The smallest absolute Gasteiger partial charge is 0.261 e. The zero-order valence-corrected chi connectivity index (χ0v) is 11.4. The highest BCUT2D eigenvalue weighted by Crippen LogP contribution is 2.16. The van der Waals surface area contributed by atoms with Crippen LogP contribution in [-0.4, -0.2) is 22.3 Å². The normalized spacial score (nSPS) is 19.5. The molecule has 0 saturated carbocycles. The van der Waals surface area contributed by atoms with E-state index in [1.54, 1.807) is 10.9 Å². The third-order valence-electron chi connectivity index (χ3n) is 3.21. The van der Waals surface area contributed by atoms with Crippen molar-refractivity contribution in [3.63, 3.8) is 0 Å². The average molecular weight is 309 g/mol. The van der Waals surface area contributed by atoms with Crippen molar-refractivity contribution in [2.24, 2.45) is 0 Å². The van der Waals surface area contributed by atoms with Gasteiger partial charge in [0.25, 0.3) is 5.56 Å². The number of benzene rings is 1. The number of aromatic nitrogens is 2.